The quantitative estimate of drug-likeness (QED) is 0.933. The van der Waals surface area contributed by atoms with Crippen molar-refractivity contribution in [3.63, 3.8) is 0 Å². The first kappa shape index (κ1) is 16.9. The van der Waals surface area contributed by atoms with E-state index in [9.17, 15) is 4.79 Å². The lowest BCUT2D eigenvalue weighted by Crippen LogP contribution is -2.16. The molecule has 6 nitrogen and oxygen atoms in total. The molecule has 1 aromatic carbocycles. The molecule has 1 N–H and O–H groups in total. The average Bonchev–Trinajstić information content (AvgIpc) is 2.87. The third kappa shape index (κ3) is 3.31. The summed E-state index contributed by atoms with van der Waals surface area (Å²) in [5.74, 6) is 1.63. The van der Waals surface area contributed by atoms with E-state index in [-0.39, 0.29) is 11.3 Å². The molecule has 2 rings (SSSR count). The number of rotatable bonds is 4. The summed E-state index contributed by atoms with van der Waals surface area (Å²) in [6, 6.07) is 5.16. The predicted octanol–water partition coefficient (Wildman–Crippen LogP) is 3.55. The highest BCUT2D eigenvalue weighted by Gasteiger charge is 2.26. The largest absolute Gasteiger partial charge is 0.496 e. The van der Waals surface area contributed by atoms with Crippen LogP contribution in [0.1, 0.15) is 42.5 Å². The van der Waals surface area contributed by atoms with Gasteiger partial charge in [0.25, 0.3) is 5.91 Å². The van der Waals surface area contributed by atoms with E-state index in [1.54, 1.807) is 18.2 Å². The zero-order chi connectivity index (χ0) is 17.2. The summed E-state index contributed by atoms with van der Waals surface area (Å²) in [6.45, 7) is 7.94. The molecule has 0 saturated heterocycles. The van der Waals surface area contributed by atoms with Crippen molar-refractivity contribution in [3.8, 4) is 11.5 Å². The van der Waals surface area contributed by atoms with Crippen LogP contribution in [0.2, 0.25) is 0 Å². The Kier molecular flexibility index (Phi) is 4.63. The van der Waals surface area contributed by atoms with Gasteiger partial charge in [-0.05, 0) is 19.1 Å². The third-order valence-corrected chi connectivity index (χ3v) is 3.49. The van der Waals surface area contributed by atoms with Gasteiger partial charge >= 0.3 is 0 Å². The number of methoxy groups -OCH3 is 2. The fourth-order valence-corrected chi connectivity index (χ4v) is 2.40. The van der Waals surface area contributed by atoms with Gasteiger partial charge in [0.1, 0.15) is 22.8 Å². The van der Waals surface area contributed by atoms with Crippen LogP contribution in [0.3, 0.4) is 0 Å². The Bertz CT molecular complexity index is 692. The lowest BCUT2D eigenvalue weighted by Gasteiger charge is -2.15. The van der Waals surface area contributed by atoms with Crippen molar-refractivity contribution in [2.45, 2.75) is 33.1 Å². The number of anilines is 1. The Balaban J connectivity index is 2.36. The topological polar surface area (TPSA) is 73.6 Å². The van der Waals surface area contributed by atoms with E-state index in [2.05, 4.69) is 10.5 Å². The van der Waals surface area contributed by atoms with Crippen LogP contribution >= 0.6 is 0 Å². The van der Waals surface area contributed by atoms with Crippen LogP contribution < -0.4 is 14.8 Å². The average molecular weight is 318 g/mol. The normalized spacial score (nSPS) is 11.2. The molecular formula is C17H22N2O4. The van der Waals surface area contributed by atoms with E-state index >= 15 is 0 Å². The minimum absolute atomic E-state index is 0.192. The Morgan fingerprint density at radius 1 is 1.17 bits per heavy atom. The van der Waals surface area contributed by atoms with Crippen molar-refractivity contribution in [2.24, 2.45) is 0 Å². The highest BCUT2D eigenvalue weighted by Crippen LogP contribution is 2.32. The number of nitrogens with zero attached hydrogens (tertiary/aromatic N) is 1. The third-order valence-electron chi connectivity index (χ3n) is 3.49. The summed E-state index contributed by atoms with van der Waals surface area (Å²) < 4.78 is 15.9. The molecule has 2 aromatic rings. The molecular weight excluding hydrogens is 296 g/mol. The van der Waals surface area contributed by atoms with Crippen LogP contribution in [0.5, 0.6) is 11.5 Å². The number of aromatic nitrogens is 1. The number of amides is 1. The molecule has 6 heteroatoms. The fraction of sp³-hybridized carbons (Fsp3) is 0.412. The van der Waals surface area contributed by atoms with Crippen molar-refractivity contribution < 1.29 is 18.8 Å². The zero-order valence-electron chi connectivity index (χ0n) is 14.3. The van der Waals surface area contributed by atoms with E-state index in [1.165, 1.54) is 14.2 Å². The predicted molar refractivity (Wildman–Crippen MR) is 87.4 cm³/mol. The van der Waals surface area contributed by atoms with Crippen molar-refractivity contribution in [1.29, 1.82) is 0 Å². The molecule has 0 bridgehead atoms. The van der Waals surface area contributed by atoms with Gasteiger partial charge in [-0.1, -0.05) is 32.0 Å². The summed E-state index contributed by atoms with van der Waals surface area (Å²) in [7, 11) is 3.01. The van der Waals surface area contributed by atoms with E-state index in [4.69, 9.17) is 14.0 Å². The molecule has 0 saturated carbocycles. The monoisotopic (exact) mass is 318 g/mol. The number of hydrogen-bond acceptors (Lipinski definition) is 5. The van der Waals surface area contributed by atoms with E-state index in [0.29, 0.717) is 22.9 Å². The summed E-state index contributed by atoms with van der Waals surface area (Å²) >= 11 is 0. The van der Waals surface area contributed by atoms with Crippen LogP contribution in [0, 0.1) is 6.92 Å². The first-order valence-corrected chi connectivity index (χ1v) is 7.28. The van der Waals surface area contributed by atoms with Gasteiger partial charge in [0.15, 0.2) is 5.82 Å². The Morgan fingerprint density at radius 2 is 1.74 bits per heavy atom. The van der Waals surface area contributed by atoms with Gasteiger partial charge in [-0.2, -0.15) is 0 Å². The van der Waals surface area contributed by atoms with E-state index < -0.39 is 0 Å². The maximum atomic E-state index is 12.6. The molecule has 0 unspecified atom stereocenters. The minimum atomic E-state index is -0.365. The fourth-order valence-electron chi connectivity index (χ4n) is 2.40. The Hall–Kier alpha value is -2.50. The maximum Gasteiger partial charge on any atom is 0.264 e. The molecule has 1 amide bonds. The number of carbonyl (C=O) groups excluding carboxylic acids is 1. The van der Waals surface area contributed by atoms with Crippen LogP contribution in [0.4, 0.5) is 5.82 Å². The highest BCUT2D eigenvalue weighted by molar-refractivity contribution is 6.08. The van der Waals surface area contributed by atoms with Gasteiger partial charge in [-0.15, -0.1) is 0 Å². The van der Waals surface area contributed by atoms with Crippen LogP contribution in [0.25, 0.3) is 0 Å². The van der Waals surface area contributed by atoms with Crippen molar-refractivity contribution in [1.82, 2.24) is 5.16 Å². The van der Waals surface area contributed by atoms with Crippen molar-refractivity contribution >= 4 is 11.7 Å². The molecule has 23 heavy (non-hydrogen) atoms. The summed E-state index contributed by atoms with van der Waals surface area (Å²) in [5, 5.41) is 6.73. The van der Waals surface area contributed by atoms with Crippen LogP contribution in [0.15, 0.2) is 22.7 Å². The van der Waals surface area contributed by atoms with Gasteiger partial charge in [0.05, 0.1) is 14.2 Å². The molecule has 1 aromatic heterocycles. The van der Waals surface area contributed by atoms with Crippen molar-refractivity contribution in [3.05, 3.63) is 35.1 Å². The summed E-state index contributed by atoms with van der Waals surface area (Å²) in [5.41, 5.74) is 0.930. The molecule has 0 aliphatic rings. The lowest BCUT2D eigenvalue weighted by atomic mass is 9.91. The first-order chi connectivity index (χ1) is 10.8. The number of carbonyl (C=O) groups is 1. The van der Waals surface area contributed by atoms with E-state index in [0.717, 1.165) is 11.3 Å². The number of ether oxygens (including phenoxy) is 2. The molecule has 0 atom stereocenters. The SMILES string of the molecule is COc1cccc(OC)c1C(=O)Nc1noc(C(C)(C)C)c1C. The molecule has 0 aliphatic heterocycles. The van der Waals surface area contributed by atoms with E-state index in [1.807, 2.05) is 27.7 Å². The van der Waals surface area contributed by atoms with Gasteiger partial charge < -0.3 is 19.3 Å². The highest BCUT2D eigenvalue weighted by atomic mass is 16.5. The van der Waals surface area contributed by atoms with Crippen LogP contribution in [-0.4, -0.2) is 25.3 Å². The second-order valence-electron chi connectivity index (χ2n) is 6.23. The maximum absolute atomic E-state index is 12.6. The molecule has 1 heterocycles. The summed E-state index contributed by atoms with van der Waals surface area (Å²) in [4.78, 5) is 12.6. The Labute approximate surface area is 135 Å². The molecule has 0 aliphatic carbocycles. The van der Waals surface area contributed by atoms with Crippen molar-refractivity contribution in [2.75, 3.05) is 19.5 Å². The second kappa shape index (κ2) is 6.32. The van der Waals surface area contributed by atoms with Crippen LogP contribution in [-0.2, 0) is 5.41 Å². The molecule has 124 valence electrons. The number of hydrogen-bond donors (Lipinski definition) is 1. The number of nitrogens with one attached hydrogen (secondary N) is 1. The van der Waals surface area contributed by atoms with Gasteiger partial charge in [-0.3, -0.25) is 4.79 Å². The smallest absolute Gasteiger partial charge is 0.264 e. The molecule has 0 spiro atoms. The minimum Gasteiger partial charge on any atom is -0.496 e. The second-order valence-corrected chi connectivity index (χ2v) is 6.23. The first-order valence-electron chi connectivity index (χ1n) is 7.28. The lowest BCUT2D eigenvalue weighted by molar-refractivity contribution is 0.102. The molecule has 0 fully saturated rings. The Morgan fingerprint density at radius 3 is 2.17 bits per heavy atom. The van der Waals surface area contributed by atoms with Gasteiger partial charge in [0, 0.05) is 11.0 Å². The standard InChI is InChI=1S/C17H22N2O4/c1-10-14(17(2,3)4)23-19-15(10)18-16(20)13-11(21-5)8-7-9-12(13)22-6/h7-9H,1-6H3,(H,18,19,20). The van der Waals surface area contributed by atoms with Gasteiger partial charge in [-0.25, -0.2) is 0 Å². The summed E-state index contributed by atoms with van der Waals surface area (Å²) in [6.07, 6.45) is 0. The molecule has 0 radical (unpaired) electrons. The zero-order valence-corrected chi connectivity index (χ0v) is 14.3. The van der Waals surface area contributed by atoms with Gasteiger partial charge in [0.2, 0.25) is 0 Å². The number of benzene rings is 1.